The van der Waals surface area contributed by atoms with Crippen molar-refractivity contribution in [3.05, 3.63) is 39.9 Å². The standard InChI is InChI=1S/C11H9BrN4S/c1-6-14-15-10-5-13-11(17)8-4-7(12)2-3-9(8)16(6)10/h2-4H,5H2,1H3,(H,13,17). The molecule has 3 rings (SSSR count). The monoisotopic (exact) mass is 308 g/mol. The number of benzene rings is 1. The van der Waals surface area contributed by atoms with Crippen LogP contribution in [0.3, 0.4) is 0 Å². The fourth-order valence-electron chi connectivity index (χ4n) is 1.97. The molecule has 4 nitrogen and oxygen atoms in total. The molecule has 2 heterocycles. The van der Waals surface area contributed by atoms with E-state index in [9.17, 15) is 0 Å². The van der Waals surface area contributed by atoms with Crippen molar-refractivity contribution >= 4 is 33.1 Å². The van der Waals surface area contributed by atoms with Crippen LogP contribution < -0.4 is 5.32 Å². The Morgan fingerprint density at radius 2 is 2.24 bits per heavy atom. The highest BCUT2D eigenvalue weighted by Crippen LogP contribution is 2.24. The van der Waals surface area contributed by atoms with Gasteiger partial charge in [-0.1, -0.05) is 28.1 Å². The van der Waals surface area contributed by atoms with Gasteiger partial charge in [-0.25, -0.2) is 0 Å². The summed E-state index contributed by atoms with van der Waals surface area (Å²) in [7, 11) is 0. The van der Waals surface area contributed by atoms with Gasteiger partial charge in [0.1, 0.15) is 10.8 Å². The molecular formula is C11H9BrN4S. The lowest BCUT2D eigenvalue weighted by atomic mass is 10.1. The predicted octanol–water partition coefficient (Wildman–Crippen LogP) is 2.12. The van der Waals surface area contributed by atoms with Crippen LogP contribution in [-0.4, -0.2) is 19.8 Å². The normalized spacial score (nSPS) is 13.6. The first kappa shape index (κ1) is 10.9. The molecular weight excluding hydrogens is 300 g/mol. The van der Waals surface area contributed by atoms with Crippen LogP contribution in [0.2, 0.25) is 0 Å². The number of aryl methyl sites for hydroxylation is 1. The van der Waals surface area contributed by atoms with E-state index in [1.165, 1.54) is 0 Å². The number of thiocarbonyl (C=S) groups is 1. The molecule has 0 radical (unpaired) electrons. The highest BCUT2D eigenvalue weighted by Gasteiger charge is 2.20. The first-order chi connectivity index (χ1) is 8.16. The van der Waals surface area contributed by atoms with Gasteiger partial charge in [0.05, 0.1) is 12.2 Å². The van der Waals surface area contributed by atoms with Crippen molar-refractivity contribution in [3.63, 3.8) is 0 Å². The molecule has 17 heavy (non-hydrogen) atoms. The second-order valence-corrected chi connectivity index (χ2v) is 5.17. The zero-order valence-electron chi connectivity index (χ0n) is 9.07. The van der Waals surface area contributed by atoms with Gasteiger partial charge in [0.25, 0.3) is 0 Å². The minimum absolute atomic E-state index is 0.603. The van der Waals surface area contributed by atoms with Crippen molar-refractivity contribution < 1.29 is 0 Å². The van der Waals surface area contributed by atoms with Gasteiger partial charge < -0.3 is 5.32 Å². The molecule has 0 saturated heterocycles. The second-order valence-electron chi connectivity index (χ2n) is 3.84. The molecule has 1 aliphatic rings. The van der Waals surface area contributed by atoms with Crippen LogP contribution >= 0.6 is 28.1 Å². The first-order valence-electron chi connectivity index (χ1n) is 5.16. The summed E-state index contributed by atoms with van der Waals surface area (Å²) in [6.07, 6.45) is 0. The van der Waals surface area contributed by atoms with Gasteiger partial charge in [-0.2, -0.15) is 0 Å². The fraction of sp³-hybridized carbons (Fsp3) is 0.182. The molecule has 0 unspecified atom stereocenters. The minimum atomic E-state index is 0.603. The highest BCUT2D eigenvalue weighted by molar-refractivity contribution is 9.10. The number of fused-ring (bicyclic) bond motifs is 3. The molecule has 1 aromatic heterocycles. The highest BCUT2D eigenvalue weighted by atomic mass is 79.9. The fourth-order valence-corrected chi connectivity index (χ4v) is 2.57. The topological polar surface area (TPSA) is 42.7 Å². The quantitative estimate of drug-likeness (QED) is 0.757. The lowest BCUT2D eigenvalue weighted by molar-refractivity contribution is 0.809. The predicted molar refractivity (Wildman–Crippen MR) is 72.3 cm³/mol. The van der Waals surface area contributed by atoms with E-state index in [0.717, 1.165) is 32.4 Å². The summed E-state index contributed by atoms with van der Waals surface area (Å²) in [5, 5.41) is 11.4. The van der Waals surface area contributed by atoms with Gasteiger partial charge in [-0.3, -0.25) is 4.57 Å². The Bertz CT molecular complexity index is 620. The van der Waals surface area contributed by atoms with E-state index in [2.05, 4.69) is 31.4 Å². The van der Waals surface area contributed by atoms with Gasteiger partial charge in [-0.05, 0) is 25.1 Å². The Morgan fingerprint density at radius 1 is 1.41 bits per heavy atom. The number of nitrogens with zero attached hydrogens (tertiary/aromatic N) is 3. The van der Waals surface area contributed by atoms with Crippen molar-refractivity contribution in [2.45, 2.75) is 13.5 Å². The lowest BCUT2D eigenvalue weighted by Gasteiger charge is -2.09. The van der Waals surface area contributed by atoms with Crippen LogP contribution in [-0.2, 0) is 6.54 Å². The molecule has 0 spiro atoms. The molecule has 86 valence electrons. The molecule has 1 aromatic carbocycles. The number of hydrogen-bond acceptors (Lipinski definition) is 3. The van der Waals surface area contributed by atoms with Crippen LogP contribution in [0.4, 0.5) is 0 Å². The van der Waals surface area contributed by atoms with Crippen LogP contribution in [0.25, 0.3) is 5.69 Å². The Kier molecular flexibility index (Phi) is 2.48. The smallest absolute Gasteiger partial charge is 0.157 e. The van der Waals surface area contributed by atoms with E-state index in [1.807, 2.05) is 29.7 Å². The average molecular weight is 309 g/mol. The summed E-state index contributed by atoms with van der Waals surface area (Å²) in [5.41, 5.74) is 2.02. The van der Waals surface area contributed by atoms with E-state index in [0.29, 0.717) is 6.54 Å². The Morgan fingerprint density at radius 3 is 3.06 bits per heavy atom. The van der Waals surface area contributed by atoms with Crippen LogP contribution in [0.5, 0.6) is 0 Å². The van der Waals surface area contributed by atoms with Crippen molar-refractivity contribution in [2.75, 3.05) is 0 Å². The molecule has 0 saturated carbocycles. The van der Waals surface area contributed by atoms with Crippen LogP contribution in [0.1, 0.15) is 17.2 Å². The summed E-state index contributed by atoms with van der Waals surface area (Å²) in [5.74, 6) is 1.75. The summed E-state index contributed by atoms with van der Waals surface area (Å²) in [6.45, 7) is 2.54. The van der Waals surface area contributed by atoms with Gasteiger partial charge in [-0.15, -0.1) is 10.2 Å². The lowest BCUT2D eigenvalue weighted by Crippen LogP contribution is -2.20. The van der Waals surface area contributed by atoms with Gasteiger partial charge in [0.2, 0.25) is 0 Å². The molecule has 0 aliphatic carbocycles. The minimum Gasteiger partial charge on any atom is -0.368 e. The molecule has 0 fully saturated rings. The molecule has 0 atom stereocenters. The number of hydrogen-bond donors (Lipinski definition) is 1. The average Bonchev–Trinajstić information content (AvgIpc) is 2.61. The third-order valence-corrected chi connectivity index (χ3v) is 3.60. The third-order valence-electron chi connectivity index (χ3n) is 2.74. The van der Waals surface area contributed by atoms with Crippen molar-refractivity contribution in [3.8, 4) is 5.69 Å². The number of halogens is 1. The van der Waals surface area contributed by atoms with E-state index in [4.69, 9.17) is 12.2 Å². The molecule has 0 bridgehead atoms. The largest absolute Gasteiger partial charge is 0.368 e. The van der Waals surface area contributed by atoms with Gasteiger partial charge >= 0.3 is 0 Å². The summed E-state index contributed by atoms with van der Waals surface area (Å²) in [6, 6.07) is 6.04. The molecule has 6 heteroatoms. The van der Waals surface area contributed by atoms with Crippen LogP contribution in [0, 0.1) is 6.92 Å². The summed E-state index contributed by atoms with van der Waals surface area (Å²) >= 11 is 8.83. The maximum Gasteiger partial charge on any atom is 0.157 e. The second kappa shape index (κ2) is 3.89. The number of aromatic nitrogens is 3. The summed E-state index contributed by atoms with van der Waals surface area (Å²) < 4.78 is 3.04. The van der Waals surface area contributed by atoms with Crippen molar-refractivity contribution in [1.82, 2.24) is 20.1 Å². The zero-order chi connectivity index (χ0) is 12.0. The van der Waals surface area contributed by atoms with E-state index < -0.39 is 0 Å². The Balaban J connectivity index is 2.34. The zero-order valence-corrected chi connectivity index (χ0v) is 11.5. The number of rotatable bonds is 0. The third kappa shape index (κ3) is 1.68. The van der Waals surface area contributed by atoms with Crippen molar-refractivity contribution in [1.29, 1.82) is 0 Å². The SMILES string of the molecule is Cc1nnc2n1-c1ccc(Br)cc1C(=S)NC2. The van der Waals surface area contributed by atoms with Crippen molar-refractivity contribution in [2.24, 2.45) is 0 Å². The van der Waals surface area contributed by atoms with Gasteiger partial charge in [0.15, 0.2) is 5.82 Å². The maximum absolute atomic E-state index is 5.37. The molecule has 0 amide bonds. The number of nitrogens with one attached hydrogen (secondary N) is 1. The summed E-state index contributed by atoms with van der Waals surface area (Å²) in [4.78, 5) is 0.742. The van der Waals surface area contributed by atoms with E-state index in [1.54, 1.807) is 0 Å². The maximum atomic E-state index is 5.37. The van der Waals surface area contributed by atoms with Crippen LogP contribution in [0.15, 0.2) is 22.7 Å². The molecule has 1 N–H and O–H groups in total. The molecule has 2 aromatic rings. The van der Waals surface area contributed by atoms with E-state index in [-0.39, 0.29) is 0 Å². The Labute approximate surface area is 112 Å². The van der Waals surface area contributed by atoms with Gasteiger partial charge in [0, 0.05) is 10.0 Å². The molecule has 1 aliphatic heterocycles. The van der Waals surface area contributed by atoms with E-state index >= 15 is 0 Å². The Hall–Kier alpha value is -1.27. The first-order valence-corrected chi connectivity index (χ1v) is 6.36.